The van der Waals surface area contributed by atoms with Crippen molar-refractivity contribution >= 4 is 21.4 Å². The number of nitro groups is 1. The third-order valence-corrected chi connectivity index (χ3v) is 4.13. The molecule has 2 aromatic rings. The maximum atomic E-state index is 12.2. The average molecular weight is 312 g/mol. The van der Waals surface area contributed by atoms with E-state index in [2.05, 4.69) is 19.7 Å². The first kappa shape index (κ1) is 14.9. The second-order valence-electron chi connectivity index (χ2n) is 4.00. The van der Waals surface area contributed by atoms with Crippen molar-refractivity contribution in [2.45, 2.75) is 11.4 Å². The Labute approximate surface area is 120 Å². The van der Waals surface area contributed by atoms with Crippen molar-refractivity contribution in [2.75, 3.05) is 12.4 Å². The van der Waals surface area contributed by atoms with Crippen LogP contribution < -0.4 is 10.0 Å². The molecule has 1 aromatic heterocycles. The Balaban J connectivity index is 2.28. The Morgan fingerprint density at radius 2 is 2.14 bits per heavy atom. The third-order valence-electron chi connectivity index (χ3n) is 2.67. The summed E-state index contributed by atoms with van der Waals surface area (Å²) >= 11 is 0. The molecule has 0 atom stereocenters. The lowest BCUT2D eigenvalue weighted by molar-refractivity contribution is -0.384. The number of aromatic nitrogens is 1. The summed E-state index contributed by atoms with van der Waals surface area (Å²) in [5.74, 6) is 0. The molecule has 10 heteroatoms. The van der Waals surface area contributed by atoms with Gasteiger partial charge in [-0.05, 0) is 6.07 Å². The van der Waals surface area contributed by atoms with E-state index in [1.54, 1.807) is 0 Å². The second-order valence-corrected chi connectivity index (χ2v) is 5.74. The number of nitro benzene ring substituents is 1. The zero-order valence-electron chi connectivity index (χ0n) is 10.9. The van der Waals surface area contributed by atoms with Crippen molar-refractivity contribution < 1.29 is 17.9 Å². The molecule has 0 aliphatic rings. The molecular weight excluding hydrogens is 300 g/mol. The third kappa shape index (κ3) is 3.35. The molecule has 2 N–H and O–H groups in total. The van der Waals surface area contributed by atoms with Gasteiger partial charge in [-0.25, -0.2) is 13.1 Å². The van der Waals surface area contributed by atoms with Crippen LogP contribution in [0, 0.1) is 10.1 Å². The van der Waals surface area contributed by atoms with Gasteiger partial charge in [0.05, 0.1) is 22.8 Å². The highest BCUT2D eigenvalue weighted by atomic mass is 32.2. The van der Waals surface area contributed by atoms with E-state index < -0.39 is 14.9 Å². The summed E-state index contributed by atoms with van der Waals surface area (Å²) < 4.78 is 31.4. The highest BCUT2D eigenvalue weighted by Crippen LogP contribution is 2.26. The van der Waals surface area contributed by atoms with E-state index in [0.29, 0.717) is 5.69 Å². The number of rotatable bonds is 6. The fourth-order valence-corrected chi connectivity index (χ4v) is 2.83. The van der Waals surface area contributed by atoms with Gasteiger partial charge >= 0.3 is 0 Å². The van der Waals surface area contributed by atoms with Crippen LogP contribution in [0.2, 0.25) is 0 Å². The minimum atomic E-state index is -3.84. The van der Waals surface area contributed by atoms with Crippen LogP contribution >= 0.6 is 0 Å². The lowest BCUT2D eigenvalue weighted by Crippen LogP contribution is -2.24. The SMILES string of the molecule is CNc1cc([N+](=O)[O-])ccc1S(=O)(=O)NCc1ccon1. The van der Waals surface area contributed by atoms with E-state index in [0.717, 1.165) is 12.1 Å². The maximum absolute atomic E-state index is 12.2. The summed E-state index contributed by atoms with van der Waals surface area (Å²) in [5, 5.41) is 16.9. The summed E-state index contributed by atoms with van der Waals surface area (Å²) in [7, 11) is -2.36. The summed E-state index contributed by atoms with van der Waals surface area (Å²) in [5.41, 5.74) is 0.359. The van der Waals surface area contributed by atoms with Gasteiger partial charge in [0.15, 0.2) is 0 Å². The molecule has 0 aliphatic heterocycles. The Kier molecular flexibility index (Phi) is 4.19. The van der Waals surface area contributed by atoms with Crippen molar-refractivity contribution in [3.05, 3.63) is 46.3 Å². The van der Waals surface area contributed by atoms with Crippen molar-refractivity contribution in [2.24, 2.45) is 0 Å². The number of sulfonamides is 1. The normalized spacial score (nSPS) is 11.3. The number of non-ortho nitro benzene ring substituents is 1. The summed E-state index contributed by atoms with van der Waals surface area (Å²) in [4.78, 5) is 10.0. The largest absolute Gasteiger partial charge is 0.387 e. The maximum Gasteiger partial charge on any atom is 0.271 e. The van der Waals surface area contributed by atoms with Gasteiger partial charge in [-0.3, -0.25) is 10.1 Å². The van der Waals surface area contributed by atoms with Gasteiger partial charge in [-0.15, -0.1) is 0 Å². The van der Waals surface area contributed by atoms with E-state index in [1.807, 2.05) is 0 Å². The van der Waals surface area contributed by atoms with E-state index >= 15 is 0 Å². The van der Waals surface area contributed by atoms with Gasteiger partial charge in [-0.1, -0.05) is 5.16 Å². The highest BCUT2D eigenvalue weighted by Gasteiger charge is 2.21. The van der Waals surface area contributed by atoms with Gasteiger partial charge in [0.25, 0.3) is 5.69 Å². The molecule has 0 spiro atoms. The molecule has 0 unspecified atom stereocenters. The quantitative estimate of drug-likeness (QED) is 0.604. The molecule has 0 fully saturated rings. The molecular formula is C11H12N4O5S. The van der Waals surface area contributed by atoms with E-state index in [4.69, 9.17) is 0 Å². The monoisotopic (exact) mass is 312 g/mol. The standard InChI is InChI=1S/C11H12N4O5S/c1-12-10-6-9(15(16)17)2-3-11(10)21(18,19)13-7-8-4-5-20-14-8/h2-6,12-13H,7H2,1H3. The van der Waals surface area contributed by atoms with Crippen LogP contribution in [0.5, 0.6) is 0 Å². The number of benzene rings is 1. The Morgan fingerprint density at radius 3 is 2.71 bits per heavy atom. The minimum absolute atomic E-state index is 0.0427. The lowest BCUT2D eigenvalue weighted by atomic mass is 10.3. The Hall–Kier alpha value is -2.46. The zero-order chi connectivity index (χ0) is 15.5. The van der Waals surface area contributed by atoms with Crippen molar-refractivity contribution in [3.63, 3.8) is 0 Å². The van der Waals surface area contributed by atoms with Gasteiger partial charge in [0, 0.05) is 25.2 Å². The topological polar surface area (TPSA) is 127 Å². The summed E-state index contributed by atoms with van der Waals surface area (Å²) in [6, 6.07) is 4.99. The molecule has 0 bridgehead atoms. The van der Waals surface area contributed by atoms with Crippen LogP contribution in [0.4, 0.5) is 11.4 Å². The number of anilines is 1. The van der Waals surface area contributed by atoms with E-state index in [9.17, 15) is 18.5 Å². The van der Waals surface area contributed by atoms with E-state index in [-0.39, 0.29) is 22.8 Å². The fraction of sp³-hybridized carbons (Fsp3) is 0.182. The summed E-state index contributed by atoms with van der Waals surface area (Å²) in [6.45, 7) is -0.0427. The molecule has 1 aromatic carbocycles. The molecule has 0 radical (unpaired) electrons. The highest BCUT2D eigenvalue weighted by molar-refractivity contribution is 7.89. The van der Waals surface area contributed by atoms with Crippen molar-refractivity contribution in [3.8, 4) is 0 Å². The first-order valence-corrected chi connectivity index (χ1v) is 7.27. The van der Waals surface area contributed by atoms with Gasteiger partial charge in [0.1, 0.15) is 11.2 Å². The number of nitrogens with zero attached hydrogens (tertiary/aromatic N) is 2. The fourth-order valence-electron chi connectivity index (χ4n) is 1.64. The molecule has 0 saturated carbocycles. The first-order valence-electron chi connectivity index (χ1n) is 5.79. The molecule has 0 aliphatic carbocycles. The van der Waals surface area contributed by atoms with E-state index in [1.165, 1.54) is 25.4 Å². The zero-order valence-corrected chi connectivity index (χ0v) is 11.8. The van der Waals surface area contributed by atoms with Crippen molar-refractivity contribution in [1.82, 2.24) is 9.88 Å². The van der Waals surface area contributed by atoms with Crippen LogP contribution in [0.25, 0.3) is 0 Å². The average Bonchev–Trinajstić information content (AvgIpc) is 2.97. The van der Waals surface area contributed by atoms with Crippen LogP contribution in [-0.2, 0) is 16.6 Å². The van der Waals surface area contributed by atoms with Crippen LogP contribution in [0.1, 0.15) is 5.69 Å². The number of hydrogen-bond donors (Lipinski definition) is 2. The predicted molar refractivity (Wildman–Crippen MR) is 73.2 cm³/mol. The van der Waals surface area contributed by atoms with Crippen LogP contribution in [0.3, 0.4) is 0 Å². The molecule has 21 heavy (non-hydrogen) atoms. The molecule has 0 saturated heterocycles. The van der Waals surface area contributed by atoms with Crippen LogP contribution in [-0.4, -0.2) is 25.5 Å². The van der Waals surface area contributed by atoms with Crippen molar-refractivity contribution in [1.29, 1.82) is 0 Å². The smallest absolute Gasteiger partial charge is 0.271 e. The molecule has 0 amide bonds. The Morgan fingerprint density at radius 1 is 1.38 bits per heavy atom. The predicted octanol–water partition coefficient (Wildman–Crippen LogP) is 1.10. The summed E-state index contributed by atoms with van der Waals surface area (Å²) in [6.07, 6.45) is 1.33. The number of hydrogen-bond acceptors (Lipinski definition) is 7. The lowest BCUT2D eigenvalue weighted by Gasteiger charge is -2.10. The minimum Gasteiger partial charge on any atom is -0.387 e. The van der Waals surface area contributed by atoms with Crippen LogP contribution in [0.15, 0.2) is 39.9 Å². The molecule has 1 heterocycles. The Bertz CT molecular complexity index is 742. The number of nitrogens with one attached hydrogen (secondary N) is 2. The van der Waals surface area contributed by atoms with Gasteiger partial charge in [0.2, 0.25) is 10.0 Å². The first-order chi connectivity index (χ1) is 9.94. The molecule has 9 nitrogen and oxygen atoms in total. The molecule has 2 rings (SSSR count). The second kappa shape index (κ2) is 5.89. The molecule has 112 valence electrons. The van der Waals surface area contributed by atoms with Gasteiger partial charge in [-0.2, -0.15) is 0 Å². The van der Waals surface area contributed by atoms with Gasteiger partial charge < -0.3 is 9.84 Å².